The summed E-state index contributed by atoms with van der Waals surface area (Å²) in [6.07, 6.45) is 0. The maximum absolute atomic E-state index is 5.92. The number of anilines is 1. The second-order valence-corrected chi connectivity index (χ2v) is 5.41. The summed E-state index contributed by atoms with van der Waals surface area (Å²) in [5.41, 5.74) is 6.64. The van der Waals surface area contributed by atoms with Crippen molar-refractivity contribution in [3.8, 4) is 5.75 Å². The molecule has 2 rings (SSSR count). The van der Waals surface area contributed by atoms with E-state index < -0.39 is 0 Å². The monoisotopic (exact) mass is 279 g/mol. The number of ether oxygens (including phenoxy) is 1. The van der Waals surface area contributed by atoms with E-state index in [1.807, 2.05) is 32.0 Å². The summed E-state index contributed by atoms with van der Waals surface area (Å²) in [4.78, 5) is 5.28. The first-order chi connectivity index (χ1) is 9.10. The van der Waals surface area contributed by atoms with E-state index in [9.17, 15) is 0 Å². The molecule has 0 spiro atoms. The number of nitrogens with zero attached hydrogens (tertiary/aromatic N) is 2. The predicted molar refractivity (Wildman–Crippen MR) is 75.4 cm³/mol. The number of nitrogen functional groups attached to an aromatic ring is 1. The van der Waals surface area contributed by atoms with Crippen molar-refractivity contribution < 1.29 is 9.26 Å². The van der Waals surface area contributed by atoms with Crippen molar-refractivity contribution in [2.24, 2.45) is 0 Å². The highest BCUT2D eigenvalue weighted by Crippen LogP contribution is 2.31. The van der Waals surface area contributed by atoms with E-state index in [0.717, 1.165) is 16.3 Å². The number of nitrogens with two attached hydrogens (primary N) is 1. The Kier molecular flexibility index (Phi) is 4.31. The minimum atomic E-state index is 0.244. The second kappa shape index (κ2) is 5.97. The van der Waals surface area contributed by atoms with Gasteiger partial charge in [-0.05, 0) is 18.2 Å². The number of methoxy groups -OCH3 is 1. The highest BCUT2D eigenvalue weighted by atomic mass is 32.2. The van der Waals surface area contributed by atoms with Crippen LogP contribution in [0.2, 0.25) is 0 Å². The van der Waals surface area contributed by atoms with E-state index in [1.54, 1.807) is 18.9 Å². The molecule has 0 fully saturated rings. The van der Waals surface area contributed by atoms with Crippen molar-refractivity contribution in [1.82, 2.24) is 10.1 Å². The minimum Gasteiger partial charge on any atom is -0.497 e. The van der Waals surface area contributed by atoms with Crippen LogP contribution in [0.5, 0.6) is 5.75 Å². The molecule has 0 radical (unpaired) electrons. The molecule has 0 bridgehead atoms. The quantitative estimate of drug-likeness (QED) is 0.669. The molecule has 1 aromatic carbocycles. The molecule has 0 amide bonds. The summed E-state index contributed by atoms with van der Waals surface area (Å²) in [7, 11) is 1.63. The van der Waals surface area contributed by atoms with E-state index in [0.29, 0.717) is 17.5 Å². The van der Waals surface area contributed by atoms with Gasteiger partial charge in [0, 0.05) is 16.5 Å². The molecule has 2 aromatic rings. The molecule has 1 aromatic heterocycles. The van der Waals surface area contributed by atoms with Crippen LogP contribution in [0.3, 0.4) is 0 Å². The van der Waals surface area contributed by atoms with Crippen molar-refractivity contribution in [3.05, 3.63) is 29.9 Å². The van der Waals surface area contributed by atoms with Crippen molar-refractivity contribution in [2.45, 2.75) is 30.4 Å². The fourth-order valence-electron chi connectivity index (χ4n) is 1.47. The van der Waals surface area contributed by atoms with Gasteiger partial charge in [-0.1, -0.05) is 19.0 Å². The summed E-state index contributed by atoms with van der Waals surface area (Å²) in [5, 5.41) is 3.95. The lowest BCUT2D eigenvalue weighted by atomic mass is 10.2. The Balaban J connectivity index is 2.05. The summed E-state index contributed by atoms with van der Waals surface area (Å²) < 4.78 is 10.3. The molecule has 0 aliphatic carbocycles. The third-order valence-electron chi connectivity index (χ3n) is 2.56. The first kappa shape index (κ1) is 13.7. The Hall–Kier alpha value is -1.69. The van der Waals surface area contributed by atoms with E-state index in [1.165, 1.54) is 0 Å². The van der Waals surface area contributed by atoms with Gasteiger partial charge in [0.25, 0.3) is 0 Å². The average Bonchev–Trinajstić information content (AvgIpc) is 2.87. The van der Waals surface area contributed by atoms with E-state index in [2.05, 4.69) is 10.1 Å². The molecule has 0 saturated carbocycles. The highest BCUT2D eigenvalue weighted by Gasteiger charge is 2.11. The zero-order chi connectivity index (χ0) is 13.8. The molecule has 102 valence electrons. The molecule has 19 heavy (non-hydrogen) atoms. The molecular weight excluding hydrogens is 262 g/mol. The minimum absolute atomic E-state index is 0.244. The number of benzene rings is 1. The van der Waals surface area contributed by atoms with Crippen LogP contribution in [0.1, 0.15) is 31.5 Å². The van der Waals surface area contributed by atoms with Gasteiger partial charge < -0.3 is 15.0 Å². The normalized spacial score (nSPS) is 10.9. The van der Waals surface area contributed by atoms with Gasteiger partial charge in [0.1, 0.15) is 5.75 Å². The largest absolute Gasteiger partial charge is 0.497 e. The zero-order valence-electron chi connectivity index (χ0n) is 11.2. The van der Waals surface area contributed by atoms with E-state index in [4.69, 9.17) is 15.0 Å². The van der Waals surface area contributed by atoms with Crippen LogP contribution in [-0.4, -0.2) is 17.3 Å². The van der Waals surface area contributed by atoms with Crippen molar-refractivity contribution in [2.75, 3.05) is 12.8 Å². The summed E-state index contributed by atoms with van der Waals surface area (Å²) >= 11 is 1.56. The lowest BCUT2D eigenvalue weighted by molar-refractivity contribution is 0.362. The third-order valence-corrected chi connectivity index (χ3v) is 3.62. The molecule has 6 heteroatoms. The fraction of sp³-hybridized carbons (Fsp3) is 0.385. The summed E-state index contributed by atoms with van der Waals surface area (Å²) in [6.45, 7) is 4.04. The number of rotatable bonds is 5. The first-order valence-electron chi connectivity index (χ1n) is 5.99. The standard InChI is InChI=1S/C13H17N3O2S/c1-8(2)13-15-12(16-18-13)7-19-11-6-9(17-3)4-5-10(11)14/h4-6,8H,7,14H2,1-3H3. The molecule has 0 unspecified atom stereocenters. The Morgan fingerprint density at radius 2 is 2.21 bits per heavy atom. The van der Waals surface area contributed by atoms with Crippen molar-refractivity contribution >= 4 is 17.4 Å². The fourth-order valence-corrected chi connectivity index (χ4v) is 2.31. The topological polar surface area (TPSA) is 74.2 Å². The van der Waals surface area contributed by atoms with Gasteiger partial charge in [-0.25, -0.2) is 0 Å². The van der Waals surface area contributed by atoms with E-state index >= 15 is 0 Å². The van der Waals surface area contributed by atoms with Crippen LogP contribution in [0.25, 0.3) is 0 Å². The van der Waals surface area contributed by atoms with E-state index in [-0.39, 0.29) is 5.92 Å². The highest BCUT2D eigenvalue weighted by molar-refractivity contribution is 7.98. The summed E-state index contributed by atoms with van der Waals surface area (Å²) in [6, 6.07) is 5.57. The van der Waals surface area contributed by atoms with Gasteiger partial charge in [-0.15, -0.1) is 11.8 Å². The van der Waals surface area contributed by atoms with Crippen LogP contribution in [0.15, 0.2) is 27.6 Å². The molecular formula is C13H17N3O2S. The SMILES string of the molecule is COc1ccc(N)c(SCc2noc(C(C)C)n2)c1. The molecule has 0 saturated heterocycles. The predicted octanol–water partition coefficient (Wildman–Crippen LogP) is 3.08. The third kappa shape index (κ3) is 3.41. The Labute approximate surface area is 116 Å². The lowest BCUT2D eigenvalue weighted by Gasteiger charge is -2.06. The molecule has 5 nitrogen and oxygen atoms in total. The zero-order valence-corrected chi connectivity index (χ0v) is 12.0. The van der Waals surface area contributed by atoms with Gasteiger partial charge in [0.05, 0.1) is 12.9 Å². The number of thioether (sulfide) groups is 1. The number of hydrogen-bond donors (Lipinski definition) is 1. The van der Waals surface area contributed by atoms with Gasteiger partial charge in [0.15, 0.2) is 5.82 Å². The van der Waals surface area contributed by atoms with Crippen LogP contribution < -0.4 is 10.5 Å². The number of hydrogen-bond acceptors (Lipinski definition) is 6. The Morgan fingerprint density at radius 1 is 1.42 bits per heavy atom. The van der Waals surface area contributed by atoms with Crippen molar-refractivity contribution in [3.63, 3.8) is 0 Å². The van der Waals surface area contributed by atoms with Gasteiger partial charge >= 0.3 is 0 Å². The maximum Gasteiger partial charge on any atom is 0.229 e. The first-order valence-corrected chi connectivity index (χ1v) is 6.97. The van der Waals surface area contributed by atoms with Crippen LogP contribution >= 0.6 is 11.8 Å². The lowest BCUT2D eigenvalue weighted by Crippen LogP contribution is -1.92. The van der Waals surface area contributed by atoms with Gasteiger partial charge in [-0.3, -0.25) is 0 Å². The Morgan fingerprint density at radius 3 is 2.84 bits per heavy atom. The molecule has 0 aliphatic rings. The second-order valence-electron chi connectivity index (χ2n) is 4.40. The number of aromatic nitrogens is 2. The average molecular weight is 279 g/mol. The molecule has 2 N–H and O–H groups in total. The smallest absolute Gasteiger partial charge is 0.229 e. The van der Waals surface area contributed by atoms with Gasteiger partial charge in [-0.2, -0.15) is 4.98 Å². The molecule has 1 heterocycles. The van der Waals surface area contributed by atoms with Crippen LogP contribution in [-0.2, 0) is 5.75 Å². The van der Waals surface area contributed by atoms with Gasteiger partial charge in [0.2, 0.25) is 5.89 Å². The molecule has 0 atom stereocenters. The van der Waals surface area contributed by atoms with Crippen molar-refractivity contribution in [1.29, 1.82) is 0 Å². The summed E-state index contributed by atoms with van der Waals surface area (Å²) in [5.74, 6) is 2.99. The van der Waals surface area contributed by atoms with Crippen LogP contribution in [0.4, 0.5) is 5.69 Å². The molecule has 0 aliphatic heterocycles. The van der Waals surface area contributed by atoms with Crippen LogP contribution in [0, 0.1) is 0 Å². The Bertz CT molecular complexity index is 555. The maximum atomic E-state index is 5.92.